The highest BCUT2D eigenvalue weighted by Crippen LogP contribution is 2.28. The molecule has 0 aliphatic heterocycles. The minimum atomic E-state index is -0.305. The molecule has 0 spiro atoms. The second-order valence-electron chi connectivity index (χ2n) is 6.53. The predicted octanol–water partition coefficient (Wildman–Crippen LogP) is 5.46. The van der Waals surface area contributed by atoms with E-state index in [1.165, 1.54) is 6.92 Å². The van der Waals surface area contributed by atoms with E-state index in [1.807, 2.05) is 36.4 Å². The van der Waals surface area contributed by atoms with Gasteiger partial charge in [-0.2, -0.15) is 0 Å². The molecule has 0 saturated carbocycles. The topological polar surface area (TPSA) is 72.2 Å². The van der Waals surface area contributed by atoms with Crippen molar-refractivity contribution in [2.45, 2.75) is 6.92 Å². The molecule has 4 rings (SSSR count). The van der Waals surface area contributed by atoms with Crippen LogP contribution in [0.15, 0.2) is 89.5 Å². The Morgan fingerprint density at radius 1 is 0.897 bits per heavy atom. The van der Waals surface area contributed by atoms with Gasteiger partial charge in [-0.05, 0) is 31.2 Å². The average molecular weight is 382 g/mol. The Labute approximate surface area is 168 Å². The van der Waals surface area contributed by atoms with E-state index in [2.05, 4.69) is 10.3 Å². The van der Waals surface area contributed by atoms with Crippen molar-refractivity contribution < 1.29 is 14.0 Å². The number of benzene rings is 3. The van der Waals surface area contributed by atoms with E-state index in [-0.39, 0.29) is 11.7 Å². The highest BCUT2D eigenvalue weighted by Gasteiger charge is 2.17. The van der Waals surface area contributed by atoms with E-state index in [4.69, 9.17) is 4.42 Å². The van der Waals surface area contributed by atoms with Crippen molar-refractivity contribution in [1.82, 2.24) is 4.98 Å². The summed E-state index contributed by atoms with van der Waals surface area (Å²) in [5.74, 6) is 0.632. The molecule has 5 nitrogen and oxygen atoms in total. The SMILES string of the molecule is CC(=O)c1cccc(NC(=O)c2ccccc2-c2ncc(-c3ccccc3)o2)c1. The second kappa shape index (κ2) is 7.94. The summed E-state index contributed by atoms with van der Waals surface area (Å²) in [6, 6.07) is 23.6. The van der Waals surface area contributed by atoms with Crippen LogP contribution in [0, 0.1) is 0 Å². The third-order valence-electron chi connectivity index (χ3n) is 4.49. The minimum Gasteiger partial charge on any atom is -0.436 e. The Balaban J connectivity index is 1.64. The first kappa shape index (κ1) is 18.4. The molecule has 0 radical (unpaired) electrons. The third kappa shape index (κ3) is 3.99. The summed E-state index contributed by atoms with van der Waals surface area (Å²) in [4.78, 5) is 28.8. The monoisotopic (exact) mass is 382 g/mol. The number of oxazole rings is 1. The highest BCUT2D eigenvalue weighted by atomic mass is 16.4. The molecule has 29 heavy (non-hydrogen) atoms. The molecule has 1 aromatic heterocycles. The summed E-state index contributed by atoms with van der Waals surface area (Å²) in [5, 5.41) is 2.84. The number of nitrogens with zero attached hydrogens (tertiary/aromatic N) is 1. The average Bonchev–Trinajstić information content (AvgIpc) is 3.25. The van der Waals surface area contributed by atoms with Gasteiger partial charge < -0.3 is 9.73 Å². The van der Waals surface area contributed by atoms with Gasteiger partial charge in [-0.1, -0.05) is 54.6 Å². The first-order valence-corrected chi connectivity index (χ1v) is 9.15. The predicted molar refractivity (Wildman–Crippen MR) is 112 cm³/mol. The van der Waals surface area contributed by atoms with Crippen LogP contribution in [0.2, 0.25) is 0 Å². The highest BCUT2D eigenvalue weighted by molar-refractivity contribution is 6.08. The molecule has 0 saturated heterocycles. The first-order valence-electron chi connectivity index (χ1n) is 9.15. The smallest absolute Gasteiger partial charge is 0.256 e. The lowest BCUT2D eigenvalue weighted by Crippen LogP contribution is -2.13. The molecular weight excluding hydrogens is 364 g/mol. The molecule has 0 atom stereocenters. The van der Waals surface area contributed by atoms with Crippen LogP contribution in [0.25, 0.3) is 22.8 Å². The van der Waals surface area contributed by atoms with Gasteiger partial charge in [-0.3, -0.25) is 9.59 Å². The third-order valence-corrected chi connectivity index (χ3v) is 4.49. The fourth-order valence-electron chi connectivity index (χ4n) is 3.02. The van der Waals surface area contributed by atoms with Crippen LogP contribution in [0.3, 0.4) is 0 Å². The summed E-state index contributed by atoms with van der Waals surface area (Å²) in [7, 11) is 0. The zero-order valence-electron chi connectivity index (χ0n) is 15.8. The zero-order chi connectivity index (χ0) is 20.2. The molecule has 0 aliphatic rings. The van der Waals surface area contributed by atoms with Crippen LogP contribution in [-0.4, -0.2) is 16.7 Å². The maximum atomic E-state index is 12.9. The number of rotatable bonds is 5. The Hall–Kier alpha value is -3.99. The Morgan fingerprint density at radius 2 is 1.66 bits per heavy atom. The molecular formula is C24H18N2O3. The van der Waals surface area contributed by atoms with E-state index in [0.717, 1.165) is 5.56 Å². The van der Waals surface area contributed by atoms with Crippen molar-refractivity contribution >= 4 is 17.4 Å². The molecule has 0 fully saturated rings. The van der Waals surface area contributed by atoms with Gasteiger partial charge >= 0.3 is 0 Å². The van der Waals surface area contributed by atoms with Gasteiger partial charge in [0.05, 0.1) is 11.8 Å². The van der Waals surface area contributed by atoms with Crippen LogP contribution in [0.4, 0.5) is 5.69 Å². The van der Waals surface area contributed by atoms with Gasteiger partial charge in [0, 0.05) is 22.4 Å². The molecule has 4 aromatic rings. The van der Waals surface area contributed by atoms with Crippen LogP contribution < -0.4 is 5.32 Å². The van der Waals surface area contributed by atoms with Crippen LogP contribution in [0.5, 0.6) is 0 Å². The Morgan fingerprint density at radius 3 is 2.45 bits per heavy atom. The summed E-state index contributed by atoms with van der Waals surface area (Å²) in [6.45, 7) is 1.49. The number of amides is 1. The van der Waals surface area contributed by atoms with Gasteiger partial charge in [0.2, 0.25) is 5.89 Å². The van der Waals surface area contributed by atoms with Gasteiger partial charge in [-0.25, -0.2) is 4.98 Å². The normalized spacial score (nSPS) is 10.5. The molecule has 1 amide bonds. The molecule has 0 aliphatic carbocycles. The van der Waals surface area contributed by atoms with Crippen molar-refractivity contribution in [3.05, 3.63) is 96.2 Å². The molecule has 1 N–H and O–H groups in total. The molecule has 5 heteroatoms. The quantitative estimate of drug-likeness (QED) is 0.465. The molecule has 1 heterocycles. The summed E-state index contributed by atoms with van der Waals surface area (Å²) < 4.78 is 5.91. The number of Topliss-reactive ketones (excluding diaryl/α,β-unsaturated/α-hetero) is 1. The number of nitrogens with one attached hydrogen (secondary N) is 1. The van der Waals surface area contributed by atoms with Crippen molar-refractivity contribution in [2.24, 2.45) is 0 Å². The largest absolute Gasteiger partial charge is 0.436 e. The summed E-state index contributed by atoms with van der Waals surface area (Å²) >= 11 is 0. The Bertz CT molecular complexity index is 1180. The van der Waals surface area contributed by atoms with E-state index < -0.39 is 0 Å². The standard InChI is InChI=1S/C24H18N2O3/c1-16(27)18-10-7-11-19(14-18)26-23(28)20-12-5-6-13-21(20)24-25-15-22(29-24)17-8-3-2-4-9-17/h2-15H,1H3,(H,26,28). The van der Waals surface area contributed by atoms with Crippen molar-refractivity contribution in [3.8, 4) is 22.8 Å². The lowest BCUT2D eigenvalue weighted by molar-refractivity contribution is 0.101. The number of anilines is 1. The number of aromatic nitrogens is 1. The van der Waals surface area contributed by atoms with Gasteiger partial charge in [-0.15, -0.1) is 0 Å². The van der Waals surface area contributed by atoms with E-state index in [9.17, 15) is 9.59 Å². The summed E-state index contributed by atoms with van der Waals surface area (Å²) in [6.07, 6.45) is 1.65. The minimum absolute atomic E-state index is 0.0604. The van der Waals surface area contributed by atoms with Crippen LogP contribution in [0.1, 0.15) is 27.6 Å². The fraction of sp³-hybridized carbons (Fsp3) is 0.0417. The first-order chi connectivity index (χ1) is 14.1. The maximum Gasteiger partial charge on any atom is 0.256 e. The zero-order valence-corrected chi connectivity index (χ0v) is 15.8. The number of hydrogen-bond acceptors (Lipinski definition) is 4. The molecule has 0 unspecified atom stereocenters. The van der Waals surface area contributed by atoms with Crippen molar-refractivity contribution in [3.63, 3.8) is 0 Å². The maximum absolute atomic E-state index is 12.9. The number of hydrogen-bond donors (Lipinski definition) is 1. The molecule has 0 bridgehead atoms. The second-order valence-corrected chi connectivity index (χ2v) is 6.53. The van der Waals surface area contributed by atoms with E-state index >= 15 is 0 Å². The van der Waals surface area contributed by atoms with Crippen molar-refractivity contribution in [2.75, 3.05) is 5.32 Å². The summed E-state index contributed by atoms with van der Waals surface area (Å²) in [5.41, 5.74) is 3.03. The van der Waals surface area contributed by atoms with Crippen LogP contribution >= 0.6 is 0 Å². The Kier molecular flexibility index (Phi) is 5.03. The lowest BCUT2D eigenvalue weighted by Gasteiger charge is -2.09. The van der Waals surface area contributed by atoms with Gasteiger partial charge in [0.15, 0.2) is 11.5 Å². The van der Waals surface area contributed by atoms with Gasteiger partial charge in [0.1, 0.15) is 0 Å². The molecule has 142 valence electrons. The van der Waals surface area contributed by atoms with E-state index in [0.29, 0.717) is 34.0 Å². The van der Waals surface area contributed by atoms with Gasteiger partial charge in [0.25, 0.3) is 5.91 Å². The van der Waals surface area contributed by atoms with E-state index in [1.54, 1.807) is 48.7 Å². The lowest BCUT2D eigenvalue weighted by atomic mass is 10.1. The number of carbonyl (C=O) groups is 2. The van der Waals surface area contributed by atoms with Crippen LogP contribution in [-0.2, 0) is 0 Å². The molecule has 3 aromatic carbocycles. The fourth-order valence-corrected chi connectivity index (χ4v) is 3.02. The number of carbonyl (C=O) groups excluding carboxylic acids is 2. The van der Waals surface area contributed by atoms with Crippen molar-refractivity contribution in [1.29, 1.82) is 0 Å². The number of ketones is 1.